The van der Waals surface area contributed by atoms with Crippen LogP contribution in [0.15, 0.2) is 78.4 Å². The van der Waals surface area contributed by atoms with Crippen molar-refractivity contribution in [1.82, 2.24) is 5.32 Å². The summed E-state index contributed by atoms with van der Waals surface area (Å²) in [6, 6.07) is 21.7. The van der Waals surface area contributed by atoms with Gasteiger partial charge in [0.15, 0.2) is 5.11 Å². The molecular formula is C23H14Cl2N2O2S. The van der Waals surface area contributed by atoms with Crippen molar-refractivity contribution in [3.8, 4) is 11.1 Å². The Bertz CT molecular complexity index is 1190. The number of thiocarbonyl (C=S) groups is 1. The van der Waals surface area contributed by atoms with E-state index < -0.39 is 11.8 Å². The predicted octanol–water partition coefficient (Wildman–Crippen LogP) is 5.49. The molecular weight excluding hydrogens is 439 g/mol. The zero-order valence-electron chi connectivity index (χ0n) is 15.4. The molecule has 0 bridgehead atoms. The third-order valence-electron chi connectivity index (χ3n) is 4.57. The fourth-order valence-electron chi connectivity index (χ4n) is 3.09. The molecule has 1 fully saturated rings. The second-order valence-electron chi connectivity index (χ2n) is 6.57. The number of halogens is 2. The fraction of sp³-hybridized carbons (Fsp3) is 0. The highest BCUT2D eigenvalue weighted by Crippen LogP contribution is 2.26. The highest BCUT2D eigenvalue weighted by atomic mass is 35.5. The van der Waals surface area contributed by atoms with Gasteiger partial charge in [-0.25, -0.2) is 0 Å². The number of amides is 2. The SMILES string of the molecule is O=C1NC(=S)N(c2ccc(Cl)cc2)C(=O)/C1=C/c1ccc(-c2cccc(Cl)c2)cc1. The molecule has 1 heterocycles. The van der Waals surface area contributed by atoms with Crippen LogP contribution in [-0.2, 0) is 9.59 Å². The summed E-state index contributed by atoms with van der Waals surface area (Å²) in [6.07, 6.45) is 1.55. The largest absolute Gasteiger partial charge is 0.298 e. The standard InChI is InChI=1S/C23H14Cl2N2O2S/c24-17-8-10-19(11-9-17)27-22(29)20(21(28)26-23(27)30)12-14-4-6-15(7-5-14)16-2-1-3-18(25)13-16/h1-13H,(H,26,28,30)/b20-12+. The quantitative estimate of drug-likeness (QED) is 0.324. The molecule has 1 N–H and O–H groups in total. The van der Waals surface area contributed by atoms with Gasteiger partial charge in [0, 0.05) is 10.0 Å². The Morgan fingerprint density at radius 2 is 1.53 bits per heavy atom. The molecule has 1 aliphatic heterocycles. The fourth-order valence-corrected chi connectivity index (χ4v) is 3.69. The maximum absolute atomic E-state index is 13.0. The van der Waals surface area contributed by atoms with E-state index in [0.717, 1.165) is 11.1 Å². The highest BCUT2D eigenvalue weighted by Gasteiger charge is 2.34. The Morgan fingerprint density at radius 1 is 0.833 bits per heavy atom. The molecule has 4 rings (SSSR count). The van der Waals surface area contributed by atoms with Crippen LogP contribution in [0.1, 0.15) is 5.56 Å². The predicted molar refractivity (Wildman–Crippen MR) is 125 cm³/mol. The maximum atomic E-state index is 13.0. The first-order valence-corrected chi connectivity index (χ1v) is 10.1. The van der Waals surface area contributed by atoms with Gasteiger partial charge in [0.2, 0.25) is 0 Å². The maximum Gasteiger partial charge on any atom is 0.270 e. The minimum atomic E-state index is -0.533. The van der Waals surface area contributed by atoms with Crippen LogP contribution in [-0.4, -0.2) is 16.9 Å². The van der Waals surface area contributed by atoms with Crippen molar-refractivity contribution in [3.05, 3.63) is 94.0 Å². The molecule has 0 radical (unpaired) electrons. The van der Waals surface area contributed by atoms with E-state index in [4.69, 9.17) is 35.4 Å². The number of benzene rings is 3. The molecule has 0 aliphatic carbocycles. The van der Waals surface area contributed by atoms with Crippen molar-refractivity contribution < 1.29 is 9.59 Å². The lowest BCUT2D eigenvalue weighted by Crippen LogP contribution is -2.54. The van der Waals surface area contributed by atoms with Crippen LogP contribution in [0.4, 0.5) is 5.69 Å². The molecule has 7 heteroatoms. The van der Waals surface area contributed by atoms with Crippen molar-refractivity contribution in [3.63, 3.8) is 0 Å². The summed E-state index contributed by atoms with van der Waals surface area (Å²) in [7, 11) is 0. The van der Waals surface area contributed by atoms with E-state index in [9.17, 15) is 9.59 Å². The van der Waals surface area contributed by atoms with E-state index in [-0.39, 0.29) is 10.7 Å². The van der Waals surface area contributed by atoms with E-state index in [1.54, 1.807) is 30.3 Å². The zero-order chi connectivity index (χ0) is 21.3. The summed E-state index contributed by atoms with van der Waals surface area (Å²) in [6.45, 7) is 0. The number of nitrogens with zero attached hydrogens (tertiary/aromatic N) is 1. The first-order chi connectivity index (χ1) is 14.4. The van der Waals surface area contributed by atoms with Crippen molar-refractivity contribution in [1.29, 1.82) is 0 Å². The molecule has 1 aliphatic rings. The first kappa shape index (κ1) is 20.3. The van der Waals surface area contributed by atoms with E-state index in [1.165, 1.54) is 4.90 Å². The zero-order valence-corrected chi connectivity index (χ0v) is 17.8. The average molecular weight is 453 g/mol. The minimum Gasteiger partial charge on any atom is -0.298 e. The molecule has 0 unspecified atom stereocenters. The number of hydrogen-bond acceptors (Lipinski definition) is 3. The molecule has 30 heavy (non-hydrogen) atoms. The Kier molecular flexibility index (Phi) is 5.68. The monoisotopic (exact) mass is 452 g/mol. The van der Waals surface area contributed by atoms with Gasteiger partial charge in [0.25, 0.3) is 11.8 Å². The highest BCUT2D eigenvalue weighted by molar-refractivity contribution is 7.80. The van der Waals surface area contributed by atoms with Crippen LogP contribution in [0, 0.1) is 0 Å². The Labute approximate surface area is 188 Å². The van der Waals surface area contributed by atoms with Gasteiger partial charge in [0.05, 0.1) is 5.69 Å². The van der Waals surface area contributed by atoms with Crippen molar-refractivity contribution in [2.24, 2.45) is 0 Å². The Morgan fingerprint density at radius 3 is 2.20 bits per heavy atom. The van der Waals surface area contributed by atoms with Gasteiger partial charge >= 0.3 is 0 Å². The Hall–Kier alpha value is -2.99. The van der Waals surface area contributed by atoms with Crippen LogP contribution < -0.4 is 10.2 Å². The lowest BCUT2D eigenvalue weighted by molar-refractivity contribution is -0.122. The van der Waals surface area contributed by atoms with Gasteiger partial charge in [-0.05, 0) is 71.4 Å². The van der Waals surface area contributed by atoms with E-state index in [1.807, 2.05) is 48.5 Å². The van der Waals surface area contributed by atoms with Gasteiger partial charge in [0.1, 0.15) is 5.57 Å². The molecule has 3 aromatic rings. The van der Waals surface area contributed by atoms with Crippen LogP contribution in [0.2, 0.25) is 10.0 Å². The molecule has 1 saturated heterocycles. The molecule has 2 amide bonds. The molecule has 4 nitrogen and oxygen atoms in total. The molecule has 148 valence electrons. The number of rotatable bonds is 3. The van der Waals surface area contributed by atoms with Gasteiger partial charge in [-0.2, -0.15) is 0 Å². The molecule has 3 aromatic carbocycles. The van der Waals surface area contributed by atoms with E-state index in [0.29, 0.717) is 21.3 Å². The number of carbonyl (C=O) groups is 2. The molecule has 0 saturated carbocycles. The van der Waals surface area contributed by atoms with Gasteiger partial charge in [-0.3, -0.25) is 19.8 Å². The van der Waals surface area contributed by atoms with Gasteiger partial charge in [-0.1, -0.05) is 59.6 Å². The minimum absolute atomic E-state index is 0.00550. The molecule has 0 atom stereocenters. The van der Waals surface area contributed by atoms with Crippen LogP contribution in [0.25, 0.3) is 17.2 Å². The van der Waals surface area contributed by atoms with Gasteiger partial charge in [-0.15, -0.1) is 0 Å². The number of hydrogen-bond donors (Lipinski definition) is 1. The summed E-state index contributed by atoms with van der Waals surface area (Å²) in [4.78, 5) is 26.7. The normalized spacial score (nSPS) is 15.5. The Balaban J connectivity index is 1.64. The van der Waals surface area contributed by atoms with Crippen LogP contribution >= 0.6 is 35.4 Å². The van der Waals surface area contributed by atoms with E-state index >= 15 is 0 Å². The lowest BCUT2D eigenvalue weighted by atomic mass is 10.0. The number of anilines is 1. The van der Waals surface area contributed by atoms with Crippen molar-refractivity contribution in [2.45, 2.75) is 0 Å². The lowest BCUT2D eigenvalue weighted by Gasteiger charge is -2.28. The summed E-state index contributed by atoms with van der Waals surface area (Å²) in [5, 5.41) is 3.79. The summed E-state index contributed by atoms with van der Waals surface area (Å²) >= 11 is 17.2. The summed E-state index contributed by atoms with van der Waals surface area (Å²) < 4.78 is 0. The smallest absolute Gasteiger partial charge is 0.270 e. The van der Waals surface area contributed by atoms with E-state index in [2.05, 4.69) is 5.32 Å². The second-order valence-corrected chi connectivity index (χ2v) is 7.83. The second kappa shape index (κ2) is 8.40. The van der Waals surface area contributed by atoms with Crippen LogP contribution in [0.5, 0.6) is 0 Å². The third-order valence-corrected chi connectivity index (χ3v) is 5.34. The van der Waals surface area contributed by atoms with Gasteiger partial charge < -0.3 is 0 Å². The number of nitrogens with one attached hydrogen (secondary N) is 1. The van der Waals surface area contributed by atoms with Crippen molar-refractivity contribution in [2.75, 3.05) is 4.90 Å². The van der Waals surface area contributed by atoms with Crippen LogP contribution in [0.3, 0.4) is 0 Å². The number of carbonyl (C=O) groups excluding carboxylic acids is 2. The average Bonchev–Trinajstić information content (AvgIpc) is 2.73. The molecule has 0 spiro atoms. The third kappa shape index (κ3) is 4.14. The van der Waals surface area contributed by atoms with Crippen molar-refractivity contribution >= 4 is 64.1 Å². The topological polar surface area (TPSA) is 49.4 Å². The summed E-state index contributed by atoms with van der Waals surface area (Å²) in [5.41, 5.74) is 3.18. The molecule has 0 aromatic heterocycles. The first-order valence-electron chi connectivity index (χ1n) is 8.95. The summed E-state index contributed by atoms with van der Waals surface area (Å²) in [5.74, 6) is -1.03.